The topological polar surface area (TPSA) is 64.4 Å². The fourth-order valence-electron chi connectivity index (χ4n) is 3.14. The molecule has 0 saturated carbocycles. The summed E-state index contributed by atoms with van der Waals surface area (Å²) in [7, 11) is 0. The van der Waals surface area contributed by atoms with Gasteiger partial charge in [-0.1, -0.05) is 34.1 Å². The fourth-order valence-corrected chi connectivity index (χ4v) is 3.41. The number of carbonyl (C=O) groups is 1. The number of nitrogens with one attached hydrogen (secondary N) is 1. The lowest BCUT2D eigenvalue weighted by Crippen LogP contribution is -2.49. The zero-order valence-corrected chi connectivity index (χ0v) is 16.5. The Balaban J connectivity index is 0.00000225. The maximum absolute atomic E-state index is 12.9. The van der Waals surface area contributed by atoms with Gasteiger partial charge in [0.2, 0.25) is 0 Å². The third kappa shape index (κ3) is 4.35. The largest absolute Gasteiger partial charge is 0.399 e. The number of aryl methyl sites for hydroxylation is 1. The van der Waals surface area contributed by atoms with Crippen molar-refractivity contribution in [1.82, 2.24) is 5.32 Å². The van der Waals surface area contributed by atoms with Crippen molar-refractivity contribution < 1.29 is 9.53 Å². The molecule has 1 heterocycles. The van der Waals surface area contributed by atoms with E-state index in [9.17, 15) is 4.79 Å². The van der Waals surface area contributed by atoms with E-state index in [4.69, 9.17) is 10.5 Å². The quantitative estimate of drug-likeness (QED) is 0.725. The highest BCUT2D eigenvalue weighted by molar-refractivity contribution is 9.10. The van der Waals surface area contributed by atoms with Crippen LogP contribution in [-0.4, -0.2) is 19.1 Å². The Morgan fingerprint density at radius 2 is 1.80 bits per heavy atom. The van der Waals surface area contributed by atoms with Gasteiger partial charge in [-0.05, 0) is 55.2 Å². The molecular formula is C19H22BrClN2O2. The molecule has 4 nitrogen and oxygen atoms in total. The molecular weight excluding hydrogens is 404 g/mol. The number of benzene rings is 2. The molecule has 2 aromatic rings. The van der Waals surface area contributed by atoms with E-state index in [2.05, 4.69) is 33.4 Å². The van der Waals surface area contributed by atoms with E-state index >= 15 is 0 Å². The molecule has 25 heavy (non-hydrogen) atoms. The lowest BCUT2D eigenvalue weighted by molar-refractivity contribution is 0.0345. The molecule has 0 unspecified atom stereocenters. The van der Waals surface area contributed by atoms with Gasteiger partial charge in [0.25, 0.3) is 5.91 Å². The molecule has 0 radical (unpaired) electrons. The number of carbonyl (C=O) groups excluding carboxylic acids is 1. The lowest BCUT2D eigenvalue weighted by Gasteiger charge is -2.38. The molecule has 1 aliphatic heterocycles. The second-order valence-corrected chi connectivity index (χ2v) is 7.15. The van der Waals surface area contributed by atoms with Gasteiger partial charge in [-0.15, -0.1) is 12.4 Å². The molecule has 3 rings (SSSR count). The van der Waals surface area contributed by atoms with Gasteiger partial charge in [0.1, 0.15) is 0 Å². The monoisotopic (exact) mass is 424 g/mol. The molecule has 0 aliphatic carbocycles. The van der Waals surface area contributed by atoms with Crippen LogP contribution < -0.4 is 11.1 Å². The van der Waals surface area contributed by atoms with Gasteiger partial charge < -0.3 is 15.8 Å². The van der Waals surface area contributed by atoms with E-state index < -0.39 is 5.54 Å². The van der Waals surface area contributed by atoms with Crippen LogP contribution in [0.3, 0.4) is 0 Å². The third-order valence-electron chi connectivity index (χ3n) is 4.60. The minimum absolute atomic E-state index is 0. The molecule has 0 spiro atoms. The van der Waals surface area contributed by atoms with Gasteiger partial charge in [0.15, 0.2) is 0 Å². The Hall–Kier alpha value is -1.56. The van der Waals surface area contributed by atoms with E-state index in [1.54, 1.807) is 6.07 Å². The van der Waals surface area contributed by atoms with Gasteiger partial charge >= 0.3 is 0 Å². The molecule has 134 valence electrons. The summed E-state index contributed by atoms with van der Waals surface area (Å²) in [6.07, 6.45) is 1.50. The number of anilines is 1. The van der Waals surface area contributed by atoms with E-state index in [1.807, 2.05) is 31.2 Å². The van der Waals surface area contributed by atoms with Crippen LogP contribution in [0, 0.1) is 6.92 Å². The summed E-state index contributed by atoms with van der Waals surface area (Å²) < 4.78 is 6.54. The van der Waals surface area contributed by atoms with Gasteiger partial charge in [-0.2, -0.15) is 0 Å². The first-order chi connectivity index (χ1) is 11.5. The van der Waals surface area contributed by atoms with Gasteiger partial charge in [0, 0.05) is 28.9 Å². The average molecular weight is 426 g/mol. The van der Waals surface area contributed by atoms with E-state index in [0.29, 0.717) is 24.5 Å². The standard InChI is InChI=1S/C19H21BrN2O2.ClH/c1-13-2-7-16(21)12-17(13)18(23)22-19(8-10-24-11-9-19)14-3-5-15(20)6-4-14;/h2-7,12H,8-11,21H2,1H3,(H,22,23);1H. The van der Waals surface area contributed by atoms with Gasteiger partial charge in [-0.25, -0.2) is 0 Å². The van der Waals surface area contributed by atoms with Crippen LogP contribution >= 0.6 is 28.3 Å². The predicted octanol–water partition coefficient (Wildman–Crippen LogP) is 4.20. The van der Waals surface area contributed by atoms with Crippen molar-refractivity contribution in [2.75, 3.05) is 18.9 Å². The van der Waals surface area contributed by atoms with Crippen LogP contribution in [0.4, 0.5) is 5.69 Å². The predicted molar refractivity (Wildman–Crippen MR) is 106 cm³/mol. The zero-order valence-electron chi connectivity index (χ0n) is 14.0. The molecule has 1 amide bonds. The van der Waals surface area contributed by atoms with Crippen molar-refractivity contribution in [2.45, 2.75) is 25.3 Å². The molecule has 1 saturated heterocycles. The summed E-state index contributed by atoms with van der Waals surface area (Å²) in [4.78, 5) is 12.9. The number of hydrogen-bond acceptors (Lipinski definition) is 3. The Morgan fingerprint density at radius 3 is 2.44 bits per heavy atom. The maximum atomic E-state index is 12.9. The van der Waals surface area contributed by atoms with Crippen molar-refractivity contribution in [3.05, 3.63) is 63.6 Å². The highest BCUT2D eigenvalue weighted by Gasteiger charge is 2.36. The SMILES string of the molecule is Cc1ccc(N)cc1C(=O)NC1(c2ccc(Br)cc2)CCOCC1.Cl. The molecule has 1 fully saturated rings. The van der Waals surface area contributed by atoms with Crippen LogP contribution in [0.5, 0.6) is 0 Å². The van der Waals surface area contributed by atoms with Gasteiger partial charge in [0.05, 0.1) is 5.54 Å². The molecule has 0 atom stereocenters. The third-order valence-corrected chi connectivity index (χ3v) is 5.13. The van der Waals surface area contributed by atoms with Crippen molar-refractivity contribution in [3.63, 3.8) is 0 Å². The summed E-state index contributed by atoms with van der Waals surface area (Å²) in [5.74, 6) is -0.0929. The van der Waals surface area contributed by atoms with Crippen LogP contribution in [-0.2, 0) is 10.3 Å². The van der Waals surface area contributed by atoms with Crippen molar-refractivity contribution in [1.29, 1.82) is 0 Å². The molecule has 6 heteroatoms. The molecule has 3 N–H and O–H groups in total. The number of halogens is 2. The average Bonchev–Trinajstić information content (AvgIpc) is 2.58. The number of ether oxygens (including phenoxy) is 1. The normalized spacial score (nSPS) is 15.9. The van der Waals surface area contributed by atoms with Crippen molar-refractivity contribution >= 4 is 39.9 Å². The minimum atomic E-state index is -0.410. The highest BCUT2D eigenvalue weighted by Crippen LogP contribution is 2.33. The van der Waals surface area contributed by atoms with Crippen LogP contribution in [0.25, 0.3) is 0 Å². The number of rotatable bonds is 3. The molecule has 2 aromatic carbocycles. The molecule has 1 aliphatic rings. The Labute approximate surface area is 162 Å². The minimum Gasteiger partial charge on any atom is -0.399 e. The summed E-state index contributed by atoms with van der Waals surface area (Å²) >= 11 is 3.47. The van der Waals surface area contributed by atoms with Crippen molar-refractivity contribution in [3.8, 4) is 0 Å². The van der Waals surface area contributed by atoms with Crippen molar-refractivity contribution in [2.24, 2.45) is 0 Å². The van der Waals surface area contributed by atoms with E-state index in [1.165, 1.54) is 0 Å². The van der Waals surface area contributed by atoms with Crippen LogP contribution in [0.2, 0.25) is 0 Å². The first kappa shape index (κ1) is 19.8. The summed E-state index contributed by atoms with van der Waals surface area (Å²) in [6, 6.07) is 13.5. The summed E-state index contributed by atoms with van der Waals surface area (Å²) in [5.41, 5.74) is 8.68. The number of nitrogens with two attached hydrogens (primary N) is 1. The second kappa shape index (κ2) is 8.21. The number of nitrogen functional groups attached to an aromatic ring is 1. The zero-order chi connectivity index (χ0) is 17.2. The highest BCUT2D eigenvalue weighted by atomic mass is 79.9. The maximum Gasteiger partial charge on any atom is 0.252 e. The fraction of sp³-hybridized carbons (Fsp3) is 0.316. The first-order valence-electron chi connectivity index (χ1n) is 8.03. The summed E-state index contributed by atoms with van der Waals surface area (Å²) in [6.45, 7) is 3.18. The number of amides is 1. The van der Waals surface area contributed by atoms with E-state index in [0.717, 1.165) is 28.4 Å². The molecule has 0 bridgehead atoms. The smallest absolute Gasteiger partial charge is 0.252 e. The Kier molecular flexibility index (Phi) is 6.49. The van der Waals surface area contributed by atoms with Gasteiger partial charge in [-0.3, -0.25) is 4.79 Å². The van der Waals surface area contributed by atoms with Crippen LogP contribution in [0.15, 0.2) is 46.9 Å². The first-order valence-corrected chi connectivity index (χ1v) is 8.82. The Bertz CT molecular complexity index is 744. The Morgan fingerprint density at radius 1 is 1.16 bits per heavy atom. The lowest BCUT2D eigenvalue weighted by atomic mass is 9.82. The molecule has 0 aromatic heterocycles. The second-order valence-electron chi connectivity index (χ2n) is 6.23. The number of hydrogen-bond donors (Lipinski definition) is 2. The van der Waals surface area contributed by atoms with E-state index in [-0.39, 0.29) is 18.3 Å². The summed E-state index contributed by atoms with van der Waals surface area (Å²) in [5, 5.41) is 3.26. The van der Waals surface area contributed by atoms with Crippen LogP contribution in [0.1, 0.15) is 34.3 Å².